The summed E-state index contributed by atoms with van der Waals surface area (Å²) in [5.41, 5.74) is 8.19. The van der Waals surface area contributed by atoms with Crippen LogP contribution >= 0.6 is 0 Å². The van der Waals surface area contributed by atoms with Gasteiger partial charge in [-0.2, -0.15) is 5.26 Å². The number of rotatable bonds is 7. The number of nitrogens with zero attached hydrogens (tertiary/aromatic N) is 2. The molecule has 0 aromatic heterocycles. The number of benzene rings is 1. The number of ether oxygens (including phenoxy) is 1. The van der Waals surface area contributed by atoms with Crippen LogP contribution in [0.1, 0.15) is 24.9 Å². The second kappa shape index (κ2) is 7.70. The van der Waals surface area contributed by atoms with Crippen molar-refractivity contribution in [2.24, 2.45) is 5.73 Å². The van der Waals surface area contributed by atoms with Crippen LogP contribution in [0.25, 0.3) is 0 Å². The average molecular weight is 247 g/mol. The van der Waals surface area contributed by atoms with Crippen LogP contribution < -0.4 is 10.6 Å². The lowest BCUT2D eigenvalue weighted by atomic mass is 10.1. The highest BCUT2D eigenvalue weighted by Crippen LogP contribution is 2.25. The topological polar surface area (TPSA) is 62.3 Å². The van der Waals surface area contributed by atoms with Gasteiger partial charge in [-0.3, -0.25) is 0 Å². The van der Waals surface area contributed by atoms with E-state index >= 15 is 0 Å². The molecular weight excluding hydrogens is 226 g/mol. The molecule has 1 aromatic carbocycles. The largest absolute Gasteiger partial charge is 0.383 e. The minimum absolute atomic E-state index is 0.0201. The predicted octanol–water partition coefficient (Wildman–Crippen LogP) is 2.07. The maximum atomic E-state index is 8.73. The molecule has 0 saturated carbocycles. The summed E-state index contributed by atoms with van der Waals surface area (Å²) in [7, 11) is 1.68. The lowest BCUT2D eigenvalue weighted by molar-refractivity contribution is 0.205. The van der Waals surface area contributed by atoms with Gasteiger partial charge < -0.3 is 15.4 Å². The molecule has 4 nitrogen and oxygen atoms in total. The van der Waals surface area contributed by atoms with E-state index in [4.69, 9.17) is 15.7 Å². The first-order valence-electron chi connectivity index (χ1n) is 6.16. The van der Waals surface area contributed by atoms with Crippen LogP contribution in [0.4, 0.5) is 5.69 Å². The average Bonchev–Trinajstić information content (AvgIpc) is 2.39. The van der Waals surface area contributed by atoms with Gasteiger partial charge in [0.05, 0.1) is 19.1 Å². The number of methoxy groups -OCH3 is 1. The first-order chi connectivity index (χ1) is 8.70. The highest BCUT2D eigenvalue weighted by atomic mass is 16.5. The Morgan fingerprint density at radius 1 is 1.39 bits per heavy atom. The number of nitrogens with two attached hydrogens (primary N) is 1. The van der Waals surface area contributed by atoms with E-state index in [1.807, 2.05) is 31.2 Å². The third-order valence-corrected chi connectivity index (χ3v) is 2.83. The fraction of sp³-hybridized carbons (Fsp3) is 0.500. The molecule has 0 fully saturated rings. The van der Waals surface area contributed by atoms with E-state index in [9.17, 15) is 0 Å². The SMILES string of the molecule is COCCN(CCC#N)c1ccccc1[C@@H](C)N. The summed E-state index contributed by atoms with van der Waals surface area (Å²) >= 11 is 0. The smallest absolute Gasteiger partial charge is 0.0640 e. The second-order valence-corrected chi connectivity index (χ2v) is 4.24. The zero-order valence-corrected chi connectivity index (χ0v) is 11.1. The quantitative estimate of drug-likeness (QED) is 0.801. The van der Waals surface area contributed by atoms with Gasteiger partial charge in [-0.25, -0.2) is 0 Å². The molecule has 0 bridgehead atoms. The van der Waals surface area contributed by atoms with Crippen molar-refractivity contribution in [3.8, 4) is 6.07 Å². The van der Waals surface area contributed by atoms with Crippen molar-refractivity contribution in [1.82, 2.24) is 0 Å². The van der Waals surface area contributed by atoms with Crippen molar-refractivity contribution < 1.29 is 4.74 Å². The van der Waals surface area contributed by atoms with Crippen molar-refractivity contribution in [3.05, 3.63) is 29.8 Å². The molecule has 0 aliphatic heterocycles. The molecule has 1 rings (SSSR count). The van der Waals surface area contributed by atoms with Crippen molar-refractivity contribution >= 4 is 5.69 Å². The van der Waals surface area contributed by atoms with E-state index in [1.54, 1.807) is 7.11 Å². The van der Waals surface area contributed by atoms with E-state index in [0.717, 1.165) is 17.8 Å². The summed E-state index contributed by atoms with van der Waals surface area (Å²) in [5.74, 6) is 0. The number of para-hydroxylation sites is 1. The minimum Gasteiger partial charge on any atom is -0.383 e. The Labute approximate surface area is 109 Å². The zero-order chi connectivity index (χ0) is 13.4. The Morgan fingerprint density at radius 2 is 2.11 bits per heavy atom. The second-order valence-electron chi connectivity index (χ2n) is 4.24. The summed E-state index contributed by atoms with van der Waals surface area (Å²) in [6.45, 7) is 4.07. The molecule has 0 aliphatic rings. The van der Waals surface area contributed by atoms with E-state index < -0.39 is 0 Å². The maximum absolute atomic E-state index is 8.73. The Balaban J connectivity index is 2.92. The molecule has 0 aliphatic carbocycles. The zero-order valence-electron chi connectivity index (χ0n) is 11.1. The summed E-state index contributed by atoms with van der Waals surface area (Å²) in [6.07, 6.45) is 0.497. The van der Waals surface area contributed by atoms with Crippen molar-refractivity contribution in [1.29, 1.82) is 5.26 Å². The number of hydrogen-bond acceptors (Lipinski definition) is 4. The highest BCUT2D eigenvalue weighted by Gasteiger charge is 2.12. The molecule has 0 amide bonds. The Morgan fingerprint density at radius 3 is 2.72 bits per heavy atom. The molecule has 0 heterocycles. The fourth-order valence-corrected chi connectivity index (χ4v) is 1.90. The van der Waals surface area contributed by atoms with Gasteiger partial charge in [0.1, 0.15) is 0 Å². The first kappa shape index (κ1) is 14.5. The van der Waals surface area contributed by atoms with Gasteiger partial charge in [0, 0.05) is 31.9 Å². The van der Waals surface area contributed by atoms with E-state index in [-0.39, 0.29) is 6.04 Å². The molecule has 18 heavy (non-hydrogen) atoms. The van der Waals surface area contributed by atoms with Crippen LogP contribution in [-0.2, 0) is 4.74 Å². The number of hydrogen-bond donors (Lipinski definition) is 1. The van der Waals surface area contributed by atoms with E-state index in [1.165, 1.54) is 0 Å². The third-order valence-electron chi connectivity index (χ3n) is 2.83. The van der Waals surface area contributed by atoms with Gasteiger partial charge in [0.25, 0.3) is 0 Å². The summed E-state index contributed by atoms with van der Waals surface area (Å²) < 4.78 is 5.12. The fourth-order valence-electron chi connectivity index (χ4n) is 1.90. The van der Waals surface area contributed by atoms with E-state index in [2.05, 4.69) is 11.0 Å². The molecule has 98 valence electrons. The van der Waals surface area contributed by atoms with Gasteiger partial charge >= 0.3 is 0 Å². The Bertz CT molecular complexity index is 398. The van der Waals surface area contributed by atoms with Gasteiger partial charge in [0.15, 0.2) is 0 Å². The first-order valence-corrected chi connectivity index (χ1v) is 6.16. The summed E-state index contributed by atoms with van der Waals surface area (Å²) in [6, 6.07) is 10.2. The molecule has 0 unspecified atom stereocenters. The van der Waals surface area contributed by atoms with Crippen LogP contribution in [0.15, 0.2) is 24.3 Å². The molecular formula is C14H21N3O. The Hall–Kier alpha value is -1.57. The van der Waals surface area contributed by atoms with Crippen LogP contribution in [0.2, 0.25) is 0 Å². The molecule has 2 N–H and O–H groups in total. The van der Waals surface area contributed by atoms with Crippen molar-refractivity contribution in [3.63, 3.8) is 0 Å². The van der Waals surface area contributed by atoms with Crippen LogP contribution in [0.5, 0.6) is 0 Å². The maximum Gasteiger partial charge on any atom is 0.0640 e. The predicted molar refractivity (Wildman–Crippen MR) is 73.4 cm³/mol. The summed E-state index contributed by atoms with van der Waals surface area (Å²) in [5, 5.41) is 8.73. The van der Waals surface area contributed by atoms with Gasteiger partial charge in [-0.1, -0.05) is 18.2 Å². The monoisotopic (exact) mass is 247 g/mol. The molecule has 4 heteroatoms. The minimum atomic E-state index is -0.0201. The summed E-state index contributed by atoms with van der Waals surface area (Å²) in [4.78, 5) is 2.16. The van der Waals surface area contributed by atoms with Gasteiger partial charge in [-0.05, 0) is 18.6 Å². The third kappa shape index (κ3) is 4.02. The molecule has 0 saturated heterocycles. The van der Waals surface area contributed by atoms with Crippen molar-refractivity contribution in [2.75, 3.05) is 31.7 Å². The van der Waals surface area contributed by atoms with Gasteiger partial charge in [-0.15, -0.1) is 0 Å². The number of nitriles is 1. The normalized spacial score (nSPS) is 11.9. The molecule has 1 atom stereocenters. The van der Waals surface area contributed by atoms with Crippen LogP contribution in [-0.4, -0.2) is 26.8 Å². The van der Waals surface area contributed by atoms with E-state index in [0.29, 0.717) is 19.6 Å². The highest BCUT2D eigenvalue weighted by molar-refractivity contribution is 5.55. The standard InChI is InChI=1S/C14H21N3O/c1-12(16)13-6-3-4-7-14(13)17(9-5-8-15)10-11-18-2/h3-4,6-7,12H,5,9-11,16H2,1-2H3/t12-/m1/s1. The van der Waals surface area contributed by atoms with Crippen LogP contribution in [0, 0.1) is 11.3 Å². The Kier molecular flexibility index (Phi) is 6.20. The van der Waals surface area contributed by atoms with Crippen LogP contribution in [0.3, 0.4) is 0 Å². The molecule has 1 aromatic rings. The van der Waals surface area contributed by atoms with Crippen molar-refractivity contribution in [2.45, 2.75) is 19.4 Å². The lowest BCUT2D eigenvalue weighted by Crippen LogP contribution is -2.29. The molecule has 0 spiro atoms. The van der Waals surface area contributed by atoms with Gasteiger partial charge in [0.2, 0.25) is 0 Å². The molecule has 0 radical (unpaired) electrons. The lowest BCUT2D eigenvalue weighted by Gasteiger charge is -2.27. The number of anilines is 1.